The van der Waals surface area contributed by atoms with E-state index in [4.69, 9.17) is 16.2 Å². The Morgan fingerprint density at radius 1 is 1.67 bits per heavy atom. The number of guanidine groups is 1. The number of nitrogens with zero attached hydrogens (tertiary/aromatic N) is 1. The van der Waals surface area contributed by atoms with Crippen LogP contribution in [0.4, 0.5) is 0 Å². The van der Waals surface area contributed by atoms with Crippen molar-refractivity contribution in [2.45, 2.75) is 13.3 Å². The van der Waals surface area contributed by atoms with Gasteiger partial charge in [-0.05, 0) is 5.92 Å². The largest absolute Gasteiger partial charge is 0.370 e. The highest BCUT2D eigenvalue weighted by Gasteiger charge is 1.99. The smallest absolute Gasteiger partial charge is 0.188 e. The monoisotopic (exact) mass is 173 g/mol. The molecule has 0 bridgehead atoms. The van der Waals surface area contributed by atoms with Gasteiger partial charge < -0.3 is 21.0 Å². The Labute approximate surface area is 71.8 Å². The summed E-state index contributed by atoms with van der Waals surface area (Å²) < 4.78 is 5.05. The van der Waals surface area contributed by atoms with Crippen molar-refractivity contribution in [3.05, 3.63) is 0 Å². The Morgan fingerprint density at radius 2 is 2.33 bits per heavy atom. The fraction of sp³-hybridized carbons (Fsp3) is 0.714. The van der Waals surface area contributed by atoms with Crippen molar-refractivity contribution in [1.29, 1.82) is 0 Å². The Morgan fingerprint density at radius 3 is 2.83 bits per heavy atom. The number of ether oxygens (including phenoxy) is 1. The third-order valence-electron chi connectivity index (χ3n) is 1.24. The maximum Gasteiger partial charge on any atom is 0.188 e. The second kappa shape index (κ2) is 6.60. The first-order valence-electron chi connectivity index (χ1n) is 3.73. The Bertz CT molecular complexity index is 155. The molecule has 12 heavy (non-hydrogen) atoms. The van der Waals surface area contributed by atoms with Gasteiger partial charge in [-0.3, -0.25) is 0 Å². The van der Waals surface area contributed by atoms with Gasteiger partial charge in [-0.2, -0.15) is 0 Å². The molecule has 0 aliphatic heterocycles. The van der Waals surface area contributed by atoms with Crippen LogP contribution in [0.15, 0.2) is 4.99 Å². The van der Waals surface area contributed by atoms with Gasteiger partial charge in [0.25, 0.3) is 0 Å². The maximum absolute atomic E-state index is 10.0. The van der Waals surface area contributed by atoms with Gasteiger partial charge in [0.05, 0.1) is 6.61 Å². The summed E-state index contributed by atoms with van der Waals surface area (Å²) in [7, 11) is 0. The molecule has 1 atom stereocenters. The number of aliphatic imine (C=N–C) groups is 1. The Balaban J connectivity index is 3.30. The number of nitrogens with two attached hydrogens (primary N) is 2. The average Bonchev–Trinajstić information content (AvgIpc) is 1.98. The van der Waals surface area contributed by atoms with Gasteiger partial charge in [-0.1, -0.05) is 6.92 Å². The van der Waals surface area contributed by atoms with Crippen LogP contribution in [0.3, 0.4) is 0 Å². The highest BCUT2D eigenvalue weighted by Crippen LogP contribution is 1.98. The lowest BCUT2D eigenvalue weighted by atomic mass is 10.1. The third kappa shape index (κ3) is 7.01. The first-order valence-corrected chi connectivity index (χ1v) is 3.73. The highest BCUT2D eigenvalue weighted by molar-refractivity contribution is 5.75. The van der Waals surface area contributed by atoms with Crippen LogP contribution in [0.1, 0.15) is 13.3 Å². The van der Waals surface area contributed by atoms with E-state index in [1.54, 1.807) is 0 Å². The van der Waals surface area contributed by atoms with Gasteiger partial charge in [0.15, 0.2) is 5.96 Å². The van der Waals surface area contributed by atoms with E-state index < -0.39 is 0 Å². The van der Waals surface area contributed by atoms with E-state index in [1.165, 1.54) is 0 Å². The molecule has 5 nitrogen and oxygen atoms in total. The van der Waals surface area contributed by atoms with E-state index in [-0.39, 0.29) is 18.6 Å². The zero-order chi connectivity index (χ0) is 9.40. The van der Waals surface area contributed by atoms with Gasteiger partial charge in [0.1, 0.15) is 13.0 Å². The summed E-state index contributed by atoms with van der Waals surface area (Å²) in [6.07, 6.45) is 1.37. The molecular weight excluding hydrogens is 158 g/mol. The van der Waals surface area contributed by atoms with Gasteiger partial charge >= 0.3 is 0 Å². The topological polar surface area (TPSA) is 90.7 Å². The normalized spacial score (nSPS) is 12.1. The van der Waals surface area contributed by atoms with Crippen LogP contribution in [-0.4, -0.2) is 25.6 Å². The number of hydrogen-bond donors (Lipinski definition) is 2. The van der Waals surface area contributed by atoms with Crippen molar-refractivity contribution in [1.82, 2.24) is 0 Å². The van der Waals surface area contributed by atoms with Crippen LogP contribution in [0.25, 0.3) is 0 Å². The number of rotatable bonds is 6. The lowest BCUT2D eigenvalue weighted by molar-refractivity contribution is -0.108. The van der Waals surface area contributed by atoms with E-state index in [0.29, 0.717) is 13.0 Å². The summed E-state index contributed by atoms with van der Waals surface area (Å²) in [4.78, 5) is 13.7. The lowest BCUT2D eigenvalue weighted by Crippen LogP contribution is -2.23. The first-order chi connectivity index (χ1) is 5.66. The lowest BCUT2D eigenvalue weighted by Gasteiger charge is -2.06. The van der Waals surface area contributed by atoms with Crippen LogP contribution in [0, 0.1) is 5.92 Å². The molecule has 0 amide bonds. The predicted molar refractivity (Wildman–Crippen MR) is 46.5 cm³/mol. The van der Waals surface area contributed by atoms with E-state index in [9.17, 15) is 4.79 Å². The standard InChI is InChI=1S/C7H15N3O2/c1-6(2-3-11)4-12-5-10-7(8)9/h3,6H,2,4-5H2,1H3,(H4,8,9,10). The molecular formula is C7H15N3O2. The van der Waals surface area contributed by atoms with E-state index >= 15 is 0 Å². The molecule has 0 fully saturated rings. The Kier molecular flexibility index (Phi) is 6.00. The molecule has 0 aromatic rings. The molecule has 5 heteroatoms. The number of aldehydes is 1. The van der Waals surface area contributed by atoms with Crippen molar-refractivity contribution in [3.8, 4) is 0 Å². The summed E-state index contributed by atoms with van der Waals surface area (Å²) in [5, 5.41) is 0. The van der Waals surface area contributed by atoms with Gasteiger partial charge in [-0.25, -0.2) is 4.99 Å². The Hall–Kier alpha value is -1.10. The molecule has 0 saturated heterocycles. The molecule has 0 aliphatic rings. The molecule has 1 unspecified atom stereocenters. The molecule has 0 saturated carbocycles. The number of hydrogen-bond acceptors (Lipinski definition) is 3. The van der Waals surface area contributed by atoms with Crippen LogP contribution in [0.2, 0.25) is 0 Å². The average molecular weight is 173 g/mol. The van der Waals surface area contributed by atoms with E-state index in [0.717, 1.165) is 6.29 Å². The predicted octanol–water partition coefficient (Wildman–Crippen LogP) is -0.541. The van der Waals surface area contributed by atoms with E-state index in [1.807, 2.05) is 6.92 Å². The van der Waals surface area contributed by atoms with Gasteiger partial charge in [0.2, 0.25) is 0 Å². The van der Waals surface area contributed by atoms with Crippen molar-refractivity contribution in [3.63, 3.8) is 0 Å². The zero-order valence-electron chi connectivity index (χ0n) is 7.19. The quantitative estimate of drug-likeness (QED) is 0.244. The fourth-order valence-corrected chi connectivity index (χ4v) is 0.606. The third-order valence-corrected chi connectivity index (χ3v) is 1.24. The molecule has 0 heterocycles. The molecule has 0 radical (unpaired) electrons. The molecule has 0 aromatic carbocycles. The van der Waals surface area contributed by atoms with Crippen molar-refractivity contribution in [2.24, 2.45) is 22.4 Å². The minimum atomic E-state index is 0.0121. The molecule has 0 aliphatic carbocycles. The van der Waals surface area contributed by atoms with E-state index in [2.05, 4.69) is 4.99 Å². The van der Waals surface area contributed by atoms with Crippen molar-refractivity contribution < 1.29 is 9.53 Å². The van der Waals surface area contributed by atoms with Crippen LogP contribution in [0.5, 0.6) is 0 Å². The van der Waals surface area contributed by atoms with Gasteiger partial charge in [0, 0.05) is 6.42 Å². The molecule has 4 N–H and O–H groups in total. The van der Waals surface area contributed by atoms with Gasteiger partial charge in [-0.15, -0.1) is 0 Å². The number of carbonyl (C=O) groups is 1. The van der Waals surface area contributed by atoms with Crippen molar-refractivity contribution >= 4 is 12.2 Å². The summed E-state index contributed by atoms with van der Waals surface area (Å²) in [5.41, 5.74) is 10.1. The molecule has 0 spiro atoms. The molecule has 0 aromatic heterocycles. The maximum atomic E-state index is 10.0. The molecule has 70 valence electrons. The zero-order valence-corrected chi connectivity index (χ0v) is 7.19. The molecule has 0 rings (SSSR count). The summed E-state index contributed by atoms with van der Waals surface area (Å²) in [6, 6.07) is 0. The minimum absolute atomic E-state index is 0.0121. The summed E-state index contributed by atoms with van der Waals surface area (Å²) in [5.74, 6) is 0.231. The fourth-order valence-electron chi connectivity index (χ4n) is 0.606. The summed E-state index contributed by atoms with van der Waals surface area (Å²) >= 11 is 0. The first kappa shape index (κ1) is 10.9. The second-order valence-corrected chi connectivity index (χ2v) is 2.59. The van der Waals surface area contributed by atoms with Crippen molar-refractivity contribution in [2.75, 3.05) is 13.3 Å². The second-order valence-electron chi connectivity index (χ2n) is 2.59. The SMILES string of the molecule is CC(CC=O)COCN=C(N)N. The minimum Gasteiger partial charge on any atom is -0.370 e. The summed E-state index contributed by atoms with van der Waals surface area (Å²) in [6.45, 7) is 2.57. The number of carbonyl (C=O) groups excluding carboxylic acids is 1. The van der Waals surface area contributed by atoms with Crippen LogP contribution < -0.4 is 11.5 Å². The van der Waals surface area contributed by atoms with Crippen LogP contribution in [-0.2, 0) is 9.53 Å². The van der Waals surface area contributed by atoms with Crippen LogP contribution >= 0.6 is 0 Å². The highest BCUT2D eigenvalue weighted by atomic mass is 16.5.